The molecule has 2 aromatic rings. The number of aromatic hydroxyl groups is 1. The highest BCUT2D eigenvalue weighted by molar-refractivity contribution is 5.96. The Morgan fingerprint density at radius 2 is 2.33 bits per heavy atom. The first-order valence-corrected chi connectivity index (χ1v) is 5.41. The second-order valence-electron chi connectivity index (χ2n) is 3.74. The van der Waals surface area contributed by atoms with Crippen LogP contribution in [0.1, 0.15) is 16.1 Å². The number of hydrogen-bond acceptors (Lipinski definition) is 3. The van der Waals surface area contributed by atoms with Crippen LogP contribution >= 0.6 is 0 Å². The summed E-state index contributed by atoms with van der Waals surface area (Å²) in [7, 11) is 0. The van der Waals surface area contributed by atoms with Gasteiger partial charge >= 0.3 is 0 Å². The van der Waals surface area contributed by atoms with Gasteiger partial charge in [0.05, 0.1) is 11.9 Å². The zero-order valence-electron chi connectivity index (χ0n) is 9.48. The second-order valence-corrected chi connectivity index (χ2v) is 3.74. The third-order valence-electron chi connectivity index (χ3n) is 2.44. The average molecular weight is 249 g/mol. The summed E-state index contributed by atoms with van der Waals surface area (Å²) in [5.74, 6) is -1.39. The van der Waals surface area contributed by atoms with E-state index in [4.69, 9.17) is 0 Å². The van der Waals surface area contributed by atoms with E-state index in [2.05, 4.69) is 15.3 Å². The molecule has 0 saturated carbocycles. The zero-order valence-corrected chi connectivity index (χ0v) is 9.48. The second kappa shape index (κ2) is 5.31. The number of hydrogen-bond donors (Lipinski definition) is 3. The zero-order chi connectivity index (χ0) is 13.0. The molecular formula is C12H12FN3O2. The molecule has 0 aliphatic rings. The van der Waals surface area contributed by atoms with E-state index in [0.29, 0.717) is 13.0 Å². The van der Waals surface area contributed by atoms with E-state index in [1.165, 1.54) is 6.07 Å². The van der Waals surface area contributed by atoms with Gasteiger partial charge in [0.1, 0.15) is 11.6 Å². The van der Waals surface area contributed by atoms with E-state index in [0.717, 1.165) is 17.8 Å². The van der Waals surface area contributed by atoms with Crippen LogP contribution in [0.3, 0.4) is 0 Å². The van der Waals surface area contributed by atoms with Gasteiger partial charge in [0, 0.05) is 30.9 Å². The molecule has 0 fully saturated rings. The molecule has 18 heavy (non-hydrogen) atoms. The minimum Gasteiger partial charge on any atom is -0.507 e. The largest absolute Gasteiger partial charge is 0.507 e. The predicted molar refractivity (Wildman–Crippen MR) is 62.7 cm³/mol. The maximum Gasteiger partial charge on any atom is 0.255 e. The Kier molecular flexibility index (Phi) is 3.57. The van der Waals surface area contributed by atoms with Crippen LogP contribution in [-0.4, -0.2) is 27.5 Å². The number of aromatic nitrogens is 2. The van der Waals surface area contributed by atoms with Gasteiger partial charge < -0.3 is 15.4 Å². The standard InChI is InChI=1S/C12H12FN3O2/c13-8-1-2-10(11(17)5-8)12(18)15-4-3-9-6-14-7-16-9/h1-2,5-7,17H,3-4H2,(H,14,16)(H,15,18). The number of amides is 1. The van der Waals surface area contributed by atoms with Crippen LogP contribution in [0.5, 0.6) is 5.75 Å². The number of rotatable bonds is 4. The molecule has 0 spiro atoms. The van der Waals surface area contributed by atoms with Crippen LogP contribution in [0.4, 0.5) is 4.39 Å². The van der Waals surface area contributed by atoms with Crippen LogP contribution in [0, 0.1) is 5.82 Å². The number of carbonyl (C=O) groups is 1. The van der Waals surface area contributed by atoms with Crippen molar-refractivity contribution in [1.82, 2.24) is 15.3 Å². The quantitative estimate of drug-likeness (QED) is 0.762. The number of carbonyl (C=O) groups excluding carboxylic acids is 1. The number of phenolic OH excluding ortho intramolecular Hbond substituents is 1. The molecule has 0 aliphatic heterocycles. The number of H-pyrrole nitrogens is 1. The first-order valence-electron chi connectivity index (χ1n) is 5.41. The van der Waals surface area contributed by atoms with Gasteiger partial charge in [0.2, 0.25) is 0 Å². The number of nitrogens with zero attached hydrogens (tertiary/aromatic N) is 1. The number of nitrogens with one attached hydrogen (secondary N) is 2. The SMILES string of the molecule is O=C(NCCc1cnc[nH]1)c1ccc(F)cc1O. The fourth-order valence-corrected chi connectivity index (χ4v) is 1.52. The number of halogens is 1. The average Bonchev–Trinajstić information content (AvgIpc) is 2.81. The lowest BCUT2D eigenvalue weighted by Gasteiger charge is -2.06. The van der Waals surface area contributed by atoms with Gasteiger partial charge in [0.15, 0.2) is 0 Å². The minimum atomic E-state index is -0.582. The molecule has 5 nitrogen and oxygen atoms in total. The maximum atomic E-state index is 12.7. The fourth-order valence-electron chi connectivity index (χ4n) is 1.52. The molecule has 0 saturated heterocycles. The van der Waals surface area contributed by atoms with E-state index >= 15 is 0 Å². The highest BCUT2D eigenvalue weighted by Gasteiger charge is 2.11. The van der Waals surface area contributed by atoms with Crippen molar-refractivity contribution < 1.29 is 14.3 Å². The van der Waals surface area contributed by atoms with Crippen molar-refractivity contribution in [3.05, 3.63) is 47.8 Å². The summed E-state index contributed by atoms with van der Waals surface area (Å²) in [6.45, 7) is 0.401. The molecular weight excluding hydrogens is 237 g/mol. The van der Waals surface area contributed by atoms with E-state index in [1.54, 1.807) is 12.5 Å². The molecule has 0 unspecified atom stereocenters. The molecule has 94 valence electrons. The van der Waals surface area contributed by atoms with Crippen molar-refractivity contribution in [2.24, 2.45) is 0 Å². The molecule has 0 radical (unpaired) electrons. The molecule has 6 heteroatoms. The van der Waals surface area contributed by atoms with Crippen LogP contribution in [0.25, 0.3) is 0 Å². The Labute approximate surface area is 103 Å². The molecule has 1 amide bonds. The Morgan fingerprint density at radius 1 is 1.50 bits per heavy atom. The molecule has 3 N–H and O–H groups in total. The van der Waals surface area contributed by atoms with Crippen molar-refractivity contribution in [3.8, 4) is 5.75 Å². The Morgan fingerprint density at radius 3 is 3.00 bits per heavy atom. The van der Waals surface area contributed by atoms with Crippen LogP contribution in [0.2, 0.25) is 0 Å². The first-order chi connectivity index (χ1) is 8.66. The van der Waals surface area contributed by atoms with Crippen LogP contribution in [0.15, 0.2) is 30.7 Å². The Bertz CT molecular complexity index is 540. The van der Waals surface area contributed by atoms with Crippen molar-refractivity contribution in [3.63, 3.8) is 0 Å². The number of aromatic amines is 1. The third-order valence-corrected chi connectivity index (χ3v) is 2.44. The van der Waals surface area contributed by atoms with Crippen LogP contribution < -0.4 is 5.32 Å². The van der Waals surface area contributed by atoms with E-state index in [9.17, 15) is 14.3 Å². The Hall–Kier alpha value is -2.37. The minimum absolute atomic E-state index is 0.0565. The topological polar surface area (TPSA) is 78.0 Å². The van der Waals surface area contributed by atoms with Gasteiger partial charge in [0.25, 0.3) is 5.91 Å². The van der Waals surface area contributed by atoms with E-state index in [1.807, 2.05) is 0 Å². The van der Waals surface area contributed by atoms with Gasteiger partial charge in [-0.3, -0.25) is 4.79 Å². The van der Waals surface area contributed by atoms with Gasteiger partial charge in [-0.25, -0.2) is 9.37 Å². The first kappa shape index (κ1) is 12.1. The Balaban J connectivity index is 1.91. The van der Waals surface area contributed by atoms with Crippen molar-refractivity contribution in [2.45, 2.75) is 6.42 Å². The summed E-state index contributed by atoms with van der Waals surface area (Å²) in [4.78, 5) is 18.4. The number of imidazole rings is 1. The summed E-state index contributed by atoms with van der Waals surface area (Å²) in [6.07, 6.45) is 3.83. The maximum absolute atomic E-state index is 12.7. The highest BCUT2D eigenvalue weighted by atomic mass is 19.1. The molecule has 0 bridgehead atoms. The van der Waals surface area contributed by atoms with Crippen LogP contribution in [-0.2, 0) is 6.42 Å². The summed E-state index contributed by atoms with van der Waals surface area (Å²) >= 11 is 0. The number of benzene rings is 1. The van der Waals surface area contributed by atoms with E-state index < -0.39 is 11.7 Å². The van der Waals surface area contributed by atoms with E-state index in [-0.39, 0.29) is 11.3 Å². The molecule has 1 aromatic heterocycles. The normalized spacial score (nSPS) is 10.3. The number of phenols is 1. The van der Waals surface area contributed by atoms with Crippen molar-refractivity contribution in [2.75, 3.05) is 6.54 Å². The molecule has 2 rings (SSSR count). The summed E-state index contributed by atoms with van der Waals surface area (Å²) in [5.41, 5.74) is 0.958. The lowest BCUT2D eigenvalue weighted by molar-refractivity contribution is 0.0951. The fraction of sp³-hybridized carbons (Fsp3) is 0.167. The van der Waals surface area contributed by atoms with Gasteiger partial charge in [-0.05, 0) is 12.1 Å². The van der Waals surface area contributed by atoms with Crippen molar-refractivity contribution >= 4 is 5.91 Å². The van der Waals surface area contributed by atoms with Crippen molar-refractivity contribution in [1.29, 1.82) is 0 Å². The predicted octanol–water partition coefficient (Wildman–Crippen LogP) is 1.23. The highest BCUT2D eigenvalue weighted by Crippen LogP contribution is 2.17. The summed E-state index contributed by atoms with van der Waals surface area (Å²) in [6, 6.07) is 3.28. The summed E-state index contributed by atoms with van der Waals surface area (Å²) < 4.78 is 12.7. The lowest BCUT2D eigenvalue weighted by Crippen LogP contribution is -2.25. The van der Waals surface area contributed by atoms with Gasteiger partial charge in [-0.15, -0.1) is 0 Å². The smallest absolute Gasteiger partial charge is 0.255 e. The monoisotopic (exact) mass is 249 g/mol. The summed E-state index contributed by atoms with van der Waals surface area (Å²) in [5, 5.41) is 12.1. The molecule has 0 aliphatic carbocycles. The van der Waals surface area contributed by atoms with Gasteiger partial charge in [-0.2, -0.15) is 0 Å². The third kappa shape index (κ3) is 2.85. The molecule has 1 aromatic carbocycles. The molecule has 1 heterocycles. The lowest BCUT2D eigenvalue weighted by atomic mass is 10.2. The molecule has 0 atom stereocenters. The van der Waals surface area contributed by atoms with Gasteiger partial charge in [-0.1, -0.05) is 0 Å².